The van der Waals surface area contributed by atoms with E-state index in [0.717, 1.165) is 0 Å². The zero-order chi connectivity index (χ0) is 34.3. The molecule has 0 spiro atoms. The first-order valence-electron chi connectivity index (χ1n) is 15.9. The van der Waals surface area contributed by atoms with Crippen LogP contribution in [-0.2, 0) is 11.8 Å². The van der Waals surface area contributed by atoms with E-state index in [4.69, 9.17) is 4.74 Å². The fraction of sp³-hybridized carbons (Fsp3) is 0.333. The Balaban J connectivity index is 1.63. The van der Waals surface area contributed by atoms with Crippen molar-refractivity contribution in [2.45, 2.75) is 52.6 Å². The van der Waals surface area contributed by atoms with Crippen molar-refractivity contribution >= 4 is 33.5 Å². The number of fused-ring (bicyclic) bond motifs is 6. The highest BCUT2D eigenvalue weighted by molar-refractivity contribution is 6.03. The third-order valence-corrected chi connectivity index (χ3v) is 9.73. The zero-order valence-electron chi connectivity index (χ0n) is 27.6. The number of rotatable bonds is 4. The number of anilines is 1. The van der Waals surface area contributed by atoms with E-state index in [9.17, 15) is 14.4 Å². The van der Waals surface area contributed by atoms with Gasteiger partial charge >= 0.3 is 5.69 Å². The molecule has 1 saturated heterocycles. The number of benzene rings is 2. The van der Waals surface area contributed by atoms with E-state index in [1.807, 2.05) is 32.6 Å². The summed E-state index contributed by atoms with van der Waals surface area (Å²) in [5.74, 6) is -2.22. The summed E-state index contributed by atoms with van der Waals surface area (Å²) in [7, 11) is 1.54. The second kappa shape index (κ2) is 11.2. The van der Waals surface area contributed by atoms with Crippen LogP contribution in [0, 0.1) is 25.5 Å². The van der Waals surface area contributed by atoms with Crippen molar-refractivity contribution in [1.29, 1.82) is 0 Å². The zero-order valence-corrected chi connectivity index (χ0v) is 27.6. The molecule has 7 rings (SSSR count). The van der Waals surface area contributed by atoms with Gasteiger partial charge in [-0.05, 0) is 62.1 Å². The molecule has 5 aromatic rings. The lowest BCUT2D eigenvalue weighted by Crippen LogP contribution is -2.62. The lowest BCUT2D eigenvalue weighted by Gasteiger charge is -2.48. The van der Waals surface area contributed by atoms with E-state index in [2.05, 4.69) is 16.5 Å². The normalized spacial score (nSPS) is 17.5. The first-order chi connectivity index (χ1) is 22.8. The fourth-order valence-electron chi connectivity index (χ4n) is 7.39. The number of imidazole rings is 1. The number of halogens is 2. The molecule has 2 aliphatic heterocycles. The smallest absolute Gasteiger partial charge is 0.326 e. The maximum Gasteiger partial charge on any atom is 0.326 e. The number of aryl methyl sites for hydroxylation is 3. The van der Waals surface area contributed by atoms with E-state index in [1.165, 1.54) is 28.3 Å². The quantitative estimate of drug-likeness (QED) is 0.266. The maximum absolute atomic E-state index is 17.7. The van der Waals surface area contributed by atoms with Gasteiger partial charge in [0.05, 0.1) is 45.2 Å². The largest absolute Gasteiger partial charge is 0.484 e. The number of ether oxygens (including phenoxy) is 1. The molecule has 0 aliphatic carbocycles. The van der Waals surface area contributed by atoms with Gasteiger partial charge in [0.2, 0.25) is 11.7 Å². The van der Waals surface area contributed by atoms with Gasteiger partial charge in [0, 0.05) is 43.3 Å². The number of carbonyl (C=O) groups is 1. The molecule has 2 atom stereocenters. The van der Waals surface area contributed by atoms with Gasteiger partial charge in [-0.1, -0.05) is 26.5 Å². The minimum Gasteiger partial charge on any atom is -0.484 e. The molecular weight excluding hydrogens is 618 g/mol. The monoisotopic (exact) mass is 654 g/mol. The van der Waals surface area contributed by atoms with Gasteiger partial charge in [-0.25, -0.2) is 13.6 Å². The van der Waals surface area contributed by atoms with Crippen LogP contribution in [0.1, 0.15) is 43.5 Å². The van der Waals surface area contributed by atoms with Crippen LogP contribution in [-0.4, -0.2) is 61.7 Å². The molecule has 0 bridgehead atoms. The molecule has 1 N–H and O–H groups in total. The van der Waals surface area contributed by atoms with E-state index >= 15 is 8.78 Å². The summed E-state index contributed by atoms with van der Waals surface area (Å²) in [6, 6.07) is 5.73. The Bertz CT molecular complexity index is 2320. The molecule has 2 aliphatic rings. The molecule has 3 aromatic heterocycles. The lowest BCUT2D eigenvalue weighted by atomic mass is 9.94. The second-order valence-electron chi connectivity index (χ2n) is 13.1. The van der Waals surface area contributed by atoms with Crippen LogP contribution < -0.4 is 20.9 Å². The molecule has 5 heterocycles. The molecule has 0 radical (unpaired) electrons. The van der Waals surface area contributed by atoms with E-state index in [0.29, 0.717) is 40.1 Å². The van der Waals surface area contributed by atoms with Crippen molar-refractivity contribution in [3.63, 3.8) is 0 Å². The summed E-state index contributed by atoms with van der Waals surface area (Å²) in [5, 5.41) is 0.148. The third kappa shape index (κ3) is 4.41. The molecule has 0 saturated carbocycles. The molecule has 1 fully saturated rings. The minimum absolute atomic E-state index is 0.0229. The Kier molecular flexibility index (Phi) is 7.30. The van der Waals surface area contributed by atoms with Crippen molar-refractivity contribution in [3.8, 4) is 22.6 Å². The number of carbonyl (C=O) groups excluding carboxylic acids is 1. The molecule has 1 amide bonds. The Labute approximate surface area is 274 Å². The van der Waals surface area contributed by atoms with E-state index < -0.39 is 22.9 Å². The maximum atomic E-state index is 17.7. The van der Waals surface area contributed by atoms with Crippen molar-refractivity contribution in [1.82, 2.24) is 24.0 Å². The fourth-order valence-corrected chi connectivity index (χ4v) is 7.39. The summed E-state index contributed by atoms with van der Waals surface area (Å²) >= 11 is 0. The number of amides is 1. The number of hydrogen-bond donors (Lipinski definition) is 1. The average molecular weight is 655 g/mol. The molecular formula is C36H36F2N6O4. The van der Waals surface area contributed by atoms with Gasteiger partial charge < -0.3 is 19.5 Å². The van der Waals surface area contributed by atoms with Crippen LogP contribution >= 0.6 is 0 Å². The first kappa shape index (κ1) is 31.3. The highest BCUT2D eigenvalue weighted by Crippen LogP contribution is 2.45. The predicted octanol–water partition coefficient (Wildman–Crippen LogP) is 5.24. The SMILES string of the molecule is C=CC(=O)N1CC2COc3c(c4cc(F)c(-c5c(C)ccc6[nH]c(=O)n(C)c56)c(F)c4n(-c4c(C)ccnc4C(C)C)c3=O)N2CC1C. The Hall–Kier alpha value is -5.26. The van der Waals surface area contributed by atoms with Gasteiger partial charge in [0.1, 0.15) is 12.4 Å². The van der Waals surface area contributed by atoms with Crippen LogP contribution in [0.3, 0.4) is 0 Å². The molecule has 12 heteroatoms. The van der Waals surface area contributed by atoms with Crippen molar-refractivity contribution in [2.75, 3.05) is 24.6 Å². The van der Waals surface area contributed by atoms with E-state index in [1.54, 1.807) is 36.2 Å². The van der Waals surface area contributed by atoms with E-state index in [-0.39, 0.29) is 70.5 Å². The molecule has 10 nitrogen and oxygen atoms in total. The average Bonchev–Trinajstić information content (AvgIpc) is 3.34. The van der Waals surface area contributed by atoms with Crippen molar-refractivity contribution in [3.05, 3.63) is 92.4 Å². The number of H-pyrrole nitrogens is 1. The minimum atomic E-state index is -0.956. The standard InChI is InChI=1S/C36H36F2N6O4/c1-8-25(45)42-15-21-16-48-34-32(43(21)14-20(42)6)22-13-23(37)27(26-18(4)9-10-24-33(26)41(7)36(47)40-24)28(38)31(22)44(35(34)46)30-19(5)11-12-39-29(30)17(2)3/h8-13,17,20-21H,1,14-16H2,2-7H3,(H,40,47). The van der Waals surface area contributed by atoms with Gasteiger partial charge in [0.15, 0.2) is 5.82 Å². The van der Waals surface area contributed by atoms with Crippen molar-refractivity contribution < 1.29 is 18.3 Å². The number of aromatic amines is 1. The van der Waals surface area contributed by atoms with Crippen LogP contribution in [0.2, 0.25) is 0 Å². The summed E-state index contributed by atoms with van der Waals surface area (Å²) in [6.45, 7) is 13.6. The number of hydrogen-bond acceptors (Lipinski definition) is 6. The van der Waals surface area contributed by atoms with Gasteiger partial charge in [-0.2, -0.15) is 0 Å². The number of aromatic nitrogens is 4. The van der Waals surface area contributed by atoms with Crippen LogP contribution in [0.25, 0.3) is 38.8 Å². The third-order valence-electron chi connectivity index (χ3n) is 9.73. The van der Waals surface area contributed by atoms with Gasteiger partial charge in [-0.15, -0.1) is 0 Å². The van der Waals surface area contributed by atoms with Crippen molar-refractivity contribution in [2.24, 2.45) is 7.05 Å². The van der Waals surface area contributed by atoms with Gasteiger partial charge in [0.25, 0.3) is 5.56 Å². The predicted molar refractivity (Wildman–Crippen MR) is 181 cm³/mol. The number of piperazine rings is 1. The topological polar surface area (TPSA) is 105 Å². The van der Waals surface area contributed by atoms with Crippen LogP contribution in [0.5, 0.6) is 5.75 Å². The molecule has 248 valence electrons. The molecule has 2 unspecified atom stereocenters. The van der Waals surface area contributed by atoms with Crippen LogP contribution in [0.15, 0.2) is 52.7 Å². The Morgan fingerprint density at radius 2 is 1.83 bits per heavy atom. The van der Waals surface area contributed by atoms with Crippen LogP contribution in [0.4, 0.5) is 14.5 Å². The number of pyridine rings is 2. The summed E-state index contributed by atoms with van der Waals surface area (Å²) in [4.78, 5) is 51.0. The lowest BCUT2D eigenvalue weighted by molar-refractivity contribution is -0.129. The number of nitrogens with zero attached hydrogens (tertiary/aromatic N) is 5. The second-order valence-corrected chi connectivity index (χ2v) is 13.1. The summed E-state index contributed by atoms with van der Waals surface area (Å²) < 4.78 is 43.2. The summed E-state index contributed by atoms with van der Waals surface area (Å²) in [6.07, 6.45) is 2.90. The highest BCUT2D eigenvalue weighted by Gasteiger charge is 2.41. The molecule has 2 aromatic carbocycles. The molecule has 48 heavy (non-hydrogen) atoms. The first-order valence-corrected chi connectivity index (χ1v) is 15.9. The summed E-state index contributed by atoms with van der Waals surface area (Å²) in [5.41, 5.74) is 1.89. The Morgan fingerprint density at radius 1 is 1.08 bits per heavy atom. The number of nitrogens with one attached hydrogen (secondary N) is 1. The Morgan fingerprint density at radius 3 is 2.54 bits per heavy atom. The highest BCUT2D eigenvalue weighted by atomic mass is 19.1. The van der Waals surface area contributed by atoms with Gasteiger partial charge in [-0.3, -0.25) is 23.7 Å².